The number of rotatable bonds is 3. The molecule has 0 fully saturated rings. The lowest BCUT2D eigenvalue weighted by molar-refractivity contribution is -0.137. The van der Waals surface area contributed by atoms with Crippen molar-refractivity contribution in [3.05, 3.63) is 53.2 Å². The maximum absolute atomic E-state index is 12.5. The molecule has 0 aliphatic carbocycles. The number of halogens is 3. The van der Waals surface area contributed by atoms with E-state index in [1.54, 1.807) is 18.3 Å². The van der Waals surface area contributed by atoms with Crippen molar-refractivity contribution >= 4 is 5.82 Å². The average Bonchev–Trinajstić information content (AvgIpc) is 2.36. The van der Waals surface area contributed by atoms with Gasteiger partial charge in [0.2, 0.25) is 0 Å². The number of nitrogens with zero attached hydrogens (tertiary/aromatic N) is 2. The molecule has 0 spiro atoms. The minimum Gasteiger partial charge on any atom is -0.364 e. The highest BCUT2D eigenvalue weighted by molar-refractivity contribution is 5.37. The van der Waals surface area contributed by atoms with E-state index in [2.05, 4.69) is 15.5 Å². The molecule has 3 nitrogen and oxygen atoms in total. The van der Waals surface area contributed by atoms with E-state index >= 15 is 0 Å². The zero-order valence-electron chi connectivity index (χ0n) is 10.2. The van der Waals surface area contributed by atoms with Gasteiger partial charge in [-0.15, -0.1) is 5.10 Å². The second kappa shape index (κ2) is 5.26. The second-order valence-corrected chi connectivity index (χ2v) is 4.17. The van der Waals surface area contributed by atoms with Crippen LogP contribution in [0.3, 0.4) is 0 Å². The van der Waals surface area contributed by atoms with Gasteiger partial charge in [-0.3, -0.25) is 0 Å². The highest BCUT2D eigenvalue weighted by Crippen LogP contribution is 2.29. The van der Waals surface area contributed by atoms with Crippen LogP contribution in [0.15, 0.2) is 36.5 Å². The third-order valence-corrected chi connectivity index (χ3v) is 2.52. The predicted octanol–water partition coefficient (Wildman–Crippen LogP) is 3.42. The molecule has 1 heterocycles. The first-order valence-corrected chi connectivity index (χ1v) is 5.64. The molecule has 2 aromatic rings. The maximum Gasteiger partial charge on any atom is 0.416 e. The zero-order chi connectivity index (χ0) is 13.9. The van der Waals surface area contributed by atoms with Crippen LogP contribution in [0.2, 0.25) is 0 Å². The van der Waals surface area contributed by atoms with Gasteiger partial charge in [0.05, 0.1) is 11.8 Å². The van der Waals surface area contributed by atoms with Crippen LogP contribution in [0.5, 0.6) is 0 Å². The van der Waals surface area contributed by atoms with Crippen molar-refractivity contribution in [2.24, 2.45) is 0 Å². The molecule has 0 unspecified atom stereocenters. The van der Waals surface area contributed by atoms with Crippen LogP contribution >= 0.6 is 0 Å². The van der Waals surface area contributed by atoms with Gasteiger partial charge in [-0.25, -0.2) is 0 Å². The van der Waals surface area contributed by atoms with Crippen molar-refractivity contribution in [2.45, 2.75) is 19.6 Å². The van der Waals surface area contributed by atoms with E-state index in [0.717, 1.165) is 17.7 Å². The van der Waals surface area contributed by atoms with Gasteiger partial charge in [0, 0.05) is 6.54 Å². The molecule has 0 atom stereocenters. The summed E-state index contributed by atoms with van der Waals surface area (Å²) in [6, 6.07) is 6.97. The fraction of sp³-hybridized carbons (Fsp3) is 0.231. The highest BCUT2D eigenvalue weighted by atomic mass is 19.4. The fourth-order valence-corrected chi connectivity index (χ4v) is 1.60. The van der Waals surface area contributed by atoms with Gasteiger partial charge in [-0.1, -0.05) is 12.1 Å². The number of alkyl halides is 3. The van der Waals surface area contributed by atoms with Crippen molar-refractivity contribution in [2.75, 3.05) is 5.32 Å². The zero-order valence-corrected chi connectivity index (χ0v) is 10.2. The average molecular weight is 267 g/mol. The standard InChI is InChI=1S/C13H12F3N3/c1-9-5-12(19-18-7-9)17-8-10-3-2-4-11(6-10)13(14,15)16/h2-7H,8H2,1H3,(H,17,19). The smallest absolute Gasteiger partial charge is 0.364 e. The van der Waals surface area contributed by atoms with Gasteiger partial charge in [-0.2, -0.15) is 18.3 Å². The first-order valence-electron chi connectivity index (χ1n) is 5.64. The Morgan fingerprint density at radius 2 is 2.00 bits per heavy atom. The molecule has 1 N–H and O–H groups in total. The van der Waals surface area contributed by atoms with Gasteiger partial charge >= 0.3 is 6.18 Å². The topological polar surface area (TPSA) is 37.8 Å². The van der Waals surface area contributed by atoms with Gasteiger partial charge in [-0.05, 0) is 36.2 Å². The van der Waals surface area contributed by atoms with Crippen molar-refractivity contribution in [3.63, 3.8) is 0 Å². The molecule has 0 saturated heterocycles. The van der Waals surface area contributed by atoms with Crippen molar-refractivity contribution in [3.8, 4) is 0 Å². The lowest BCUT2D eigenvalue weighted by atomic mass is 10.1. The van der Waals surface area contributed by atoms with E-state index in [-0.39, 0.29) is 6.54 Å². The summed E-state index contributed by atoms with van der Waals surface area (Å²) >= 11 is 0. The molecule has 1 aromatic heterocycles. The number of anilines is 1. The first-order chi connectivity index (χ1) is 8.95. The Morgan fingerprint density at radius 1 is 1.21 bits per heavy atom. The van der Waals surface area contributed by atoms with Crippen molar-refractivity contribution in [1.82, 2.24) is 10.2 Å². The number of aromatic nitrogens is 2. The highest BCUT2D eigenvalue weighted by Gasteiger charge is 2.30. The summed E-state index contributed by atoms with van der Waals surface area (Å²) in [7, 11) is 0. The molecule has 0 amide bonds. The SMILES string of the molecule is Cc1cnnc(NCc2cccc(C(F)(F)F)c2)c1. The Labute approximate surface area is 108 Å². The number of nitrogens with one attached hydrogen (secondary N) is 1. The molecule has 0 aliphatic heterocycles. The van der Waals surface area contributed by atoms with E-state index in [1.807, 2.05) is 6.92 Å². The molecule has 100 valence electrons. The summed E-state index contributed by atoms with van der Waals surface area (Å²) < 4.78 is 37.6. The van der Waals surface area contributed by atoms with E-state index in [0.29, 0.717) is 11.4 Å². The van der Waals surface area contributed by atoms with Crippen LogP contribution < -0.4 is 5.32 Å². The van der Waals surface area contributed by atoms with Crippen LogP contribution in [0, 0.1) is 6.92 Å². The molecule has 0 saturated carbocycles. The summed E-state index contributed by atoms with van der Waals surface area (Å²) in [6.45, 7) is 2.13. The van der Waals surface area contributed by atoms with E-state index < -0.39 is 11.7 Å². The lowest BCUT2D eigenvalue weighted by Gasteiger charge is -2.09. The Kier molecular flexibility index (Phi) is 3.69. The molecule has 2 rings (SSSR count). The quantitative estimate of drug-likeness (QED) is 0.926. The third kappa shape index (κ3) is 3.67. The Hall–Kier alpha value is -2.11. The summed E-state index contributed by atoms with van der Waals surface area (Å²) in [4.78, 5) is 0. The molecule has 1 aromatic carbocycles. The molecule has 19 heavy (non-hydrogen) atoms. The summed E-state index contributed by atoms with van der Waals surface area (Å²) in [5, 5.41) is 10.5. The largest absolute Gasteiger partial charge is 0.416 e. The Balaban J connectivity index is 2.08. The monoisotopic (exact) mass is 267 g/mol. The minimum atomic E-state index is -4.32. The third-order valence-electron chi connectivity index (χ3n) is 2.52. The lowest BCUT2D eigenvalue weighted by Crippen LogP contribution is -2.07. The maximum atomic E-state index is 12.5. The van der Waals surface area contributed by atoms with Crippen molar-refractivity contribution in [1.29, 1.82) is 0 Å². The molecule has 0 aliphatic rings. The van der Waals surface area contributed by atoms with Gasteiger partial charge in [0.1, 0.15) is 5.82 Å². The first kappa shape index (κ1) is 13.3. The molecular weight excluding hydrogens is 255 g/mol. The number of hydrogen-bond donors (Lipinski definition) is 1. The van der Waals surface area contributed by atoms with E-state index in [4.69, 9.17) is 0 Å². The summed E-state index contributed by atoms with van der Waals surface area (Å²) in [5.74, 6) is 0.539. The number of aryl methyl sites for hydroxylation is 1. The molecule has 0 radical (unpaired) electrons. The van der Waals surface area contributed by atoms with Gasteiger partial charge in [0.15, 0.2) is 0 Å². The normalized spacial score (nSPS) is 11.4. The minimum absolute atomic E-state index is 0.266. The van der Waals surface area contributed by atoms with Crippen LogP contribution in [-0.2, 0) is 12.7 Å². The fourth-order valence-electron chi connectivity index (χ4n) is 1.60. The van der Waals surface area contributed by atoms with E-state index in [9.17, 15) is 13.2 Å². The summed E-state index contributed by atoms with van der Waals surface area (Å²) in [5.41, 5.74) is 0.821. The van der Waals surface area contributed by atoms with Crippen LogP contribution in [0.25, 0.3) is 0 Å². The Morgan fingerprint density at radius 3 is 2.68 bits per heavy atom. The predicted molar refractivity (Wildman–Crippen MR) is 65.5 cm³/mol. The van der Waals surface area contributed by atoms with Crippen LogP contribution in [-0.4, -0.2) is 10.2 Å². The van der Waals surface area contributed by atoms with Gasteiger partial charge < -0.3 is 5.32 Å². The van der Waals surface area contributed by atoms with E-state index in [1.165, 1.54) is 6.07 Å². The Bertz CT molecular complexity index is 567. The molecule has 0 bridgehead atoms. The summed E-state index contributed by atoms with van der Waals surface area (Å²) in [6.07, 6.45) is -2.71. The van der Waals surface area contributed by atoms with Crippen LogP contribution in [0.4, 0.5) is 19.0 Å². The van der Waals surface area contributed by atoms with Crippen molar-refractivity contribution < 1.29 is 13.2 Å². The number of hydrogen-bond acceptors (Lipinski definition) is 3. The molecular formula is C13H12F3N3. The second-order valence-electron chi connectivity index (χ2n) is 4.17. The number of benzene rings is 1. The van der Waals surface area contributed by atoms with Crippen LogP contribution in [0.1, 0.15) is 16.7 Å². The van der Waals surface area contributed by atoms with Gasteiger partial charge in [0.25, 0.3) is 0 Å². The molecule has 6 heteroatoms.